The Balaban J connectivity index is 2.24. The number of hydrogen-bond donors (Lipinski definition) is 1. The van der Waals surface area contributed by atoms with Crippen LogP contribution < -0.4 is 5.32 Å². The van der Waals surface area contributed by atoms with Crippen LogP contribution >= 0.6 is 0 Å². The highest BCUT2D eigenvalue weighted by Gasteiger charge is 2.11. The van der Waals surface area contributed by atoms with Crippen LogP contribution in [-0.4, -0.2) is 26.2 Å². The van der Waals surface area contributed by atoms with Crippen molar-refractivity contribution in [3.8, 4) is 0 Å². The number of nitrogens with one attached hydrogen (secondary N) is 1. The van der Waals surface area contributed by atoms with E-state index in [9.17, 15) is 0 Å². The largest absolute Gasteiger partial charge is 0.380 e. The summed E-state index contributed by atoms with van der Waals surface area (Å²) in [5, 5.41) is 3.02. The van der Waals surface area contributed by atoms with Gasteiger partial charge >= 0.3 is 0 Å². The minimum absolute atomic E-state index is 0.118. The average Bonchev–Trinajstić information content (AvgIpc) is 2.12. The maximum Gasteiger partial charge on any atom is 0.0707 e. The van der Waals surface area contributed by atoms with Gasteiger partial charge in [-0.05, 0) is 13.0 Å². The Morgan fingerprint density at radius 2 is 3.00 bits per heavy atom. The van der Waals surface area contributed by atoms with Crippen LogP contribution in [-0.2, 0) is 4.74 Å². The van der Waals surface area contributed by atoms with E-state index in [0.717, 1.165) is 13.0 Å². The van der Waals surface area contributed by atoms with E-state index in [0.29, 0.717) is 6.54 Å². The molecule has 0 spiro atoms. The molecule has 0 amide bonds. The molecule has 42 valence electrons. The molecule has 0 aromatic carbocycles. The second-order valence-corrected chi connectivity index (χ2v) is 1.73. The van der Waals surface area contributed by atoms with Crippen molar-refractivity contribution in [2.75, 3.05) is 20.1 Å². The Morgan fingerprint density at radius 3 is 3.57 bits per heavy atom. The van der Waals surface area contributed by atoms with Gasteiger partial charge in [0.2, 0.25) is 0 Å². The van der Waals surface area contributed by atoms with Gasteiger partial charge in [-0.1, -0.05) is 0 Å². The van der Waals surface area contributed by atoms with E-state index >= 15 is 0 Å². The summed E-state index contributed by atoms with van der Waals surface area (Å²) in [6.45, 7) is 1.53. The van der Waals surface area contributed by atoms with E-state index in [1.807, 2.05) is 0 Å². The first-order chi connectivity index (χ1) is 4.58. The summed E-state index contributed by atoms with van der Waals surface area (Å²) < 4.78 is 25.1. The summed E-state index contributed by atoms with van der Waals surface area (Å²) in [4.78, 5) is 0. The van der Waals surface area contributed by atoms with Crippen molar-refractivity contribution >= 4 is 0 Å². The lowest BCUT2D eigenvalue weighted by atomic mass is 10.3. The highest BCUT2D eigenvalue weighted by Crippen LogP contribution is 1.99. The lowest BCUT2D eigenvalue weighted by Gasteiger charge is -2.01. The molecule has 0 radical (unpaired) electrons. The second kappa shape index (κ2) is 2.28. The first kappa shape index (κ1) is 2.46. The molecule has 1 unspecified atom stereocenters. The zero-order valence-electron chi connectivity index (χ0n) is 7.11. The quantitative estimate of drug-likeness (QED) is 0.505. The molecule has 1 atom stereocenters. The zero-order valence-corrected chi connectivity index (χ0v) is 4.11. The van der Waals surface area contributed by atoms with E-state index in [1.54, 1.807) is 0 Å². The summed E-state index contributed by atoms with van der Waals surface area (Å²) in [6.07, 6.45) is 0.686. The van der Waals surface area contributed by atoms with Gasteiger partial charge in [0.25, 0.3) is 0 Å². The summed E-state index contributed by atoms with van der Waals surface area (Å²) in [7, 11) is -2.23. The van der Waals surface area contributed by atoms with E-state index in [2.05, 4.69) is 5.32 Å². The molecule has 1 aliphatic rings. The molecular weight excluding hydrogens is 90.1 g/mol. The molecule has 1 rings (SSSR count). The first-order valence-corrected chi connectivity index (χ1v) is 2.46. The zero-order chi connectivity index (χ0) is 7.61. The maximum absolute atomic E-state index is 6.78. The molecule has 1 fully saturated rings. The monoisotopic (exact) mass is 104 g/mol. The van der Waals surface area contributed by atoms with Gasteiger partial charge < -0.3 is 10.1 Å². The fraction of sp³-hybridized carbons (Fsp3) is 1.00. The molecular formula is C5H11NO. The topological polar surface area (TPSA) is 21.3 Å². The summed E-state index contributed by atoms with van der Waals surface area (Å²) >= 11 is 0. The average molecular weight is 104 g/mol. The predicted molar refractivity (Wildman–Crippen MR) is 28.3 cm³/mol. The van der Waals surface area contributed by atoms with Crippen molar-refractivity contribution in [1.82, 2.24) is 5.32 Å². The standard InChI is InChI=1S/C5H11NO/c1-7-5-2-3-6-4-5/h5-6H,2-4H2,1H3/i1D3. The van der Waals surface area contributed by atoms with E-state index in [-0.39, 0.29) is 6.10 Å². The molecule has 1 N–H and O–H groups in total. The minimum atomic E-state index is -2.23. The van der Waals surface area contributed by atoms with Crippen LogP contribution in [0.4, 0.5) is 0 Å². The van der Waals surface area contributed by atoms with Gasteiger partial charge in [0.1, 0.15) is 0 Å². The smallest absolute Gasteiger partial charge is 0.0707 e. The van der Waals surface area contributed by atoms with Gasteiger partial charge in [-0.25, -0.2) is 0 Å². The Kier molecular flexibility index (Phi) is 0.804. The molecule has 0 aromatic rings. The fourth-order valence-corrected chi connectivity index (χ4v) is 0.729. The van der Waals surface area contributed by atoms with Gasteiger partial charge in [-0.2, -0.15) is 0 Å². The van der Waals surface area contributed by atoms with Gasteiger partial charge in [-0.3, -0.25) is 0 Å². The molecule has 7 heavy (non-hydrogen) atoms. The van der Waals surface area contributed by atoms with Crippen LogP contribution in [0.2, 0.25) is 0 Å². The maximum atomic E-state index is 6.78. The summed E-state index contributed by atoms with van der Waals surface area (Å²) in [5.74, 6) is 0. The van der Waals surface area contributed by atoms with Crippen LogP contribution in [0.25, 0.3) is 0 Å². The van der Waals surface area contributed by atoms with E-state index in [4.69, 9.17) is 8.85 Å². The molecule has 0 saturated carbocycles. The molecule has 0 aromatic heterocycles. The summed E-state index contributed by atoms with van der Waals surface area (Å²) in [6, 6.07) is 0. The Hall–Kier alpha value is -0.0800. The minimum Gasteiger partial charge on any atom is -0.380 e. The van der Waals surface area contributed by atoms with Crippen LogP contribution in [0.5, 0.6) is 0 Å². The van der Waals surface area contributed by atoms with Crippen molar-refractivity contribution < 1.29 is 8.85 Å². The summed E-state index contributed by atoms with van der Waals surface area (Å²) in [5.41, 5.74) is 0. The molecule has 0 aliphatic carbocycles. The second-order valence-electron chi connectivity index (χ2n) is 1.73. The predicted octanol–water partition coefficient (Wildman–Crippen LogP) is -0.00530. The molecule has 1 saturated heterocycles. The third kappa shape index (κ3) is 1.14. The molecule has 1 heterocycles. The van der Waals surface area contributed by atoms with Crippen LogP contribution in [0.3, 0.4) is 0 Å². The SMILES string of the molecule is [2H]C([2H])([2H])OC1CCNC1. The van der Waals surface area contributed by atoms with Gasteiger partial charge in [0.05, 0.1) is 10.2 Å². The highest BCUT2D eigenvalue weighted by atomic mass is 16.5. The van der Waals surface area contributed by atoms with Crippen molar-refractivity contribution in [2.24, 2.45) is 0 Å². The molecule has 1 aliphatic heterocycles. The van der Waals surface area contributed by atoms with Crippen LogP contribution in [0, 0.1) is 0 Å². The number of ether oxygens (including phenoxy) is 1. The third-order valence-corrected chi connectivity index (χ3v) is 1.18. The third-order valence-electron chi connectivity index (χ3n) is 1.18. The number of hydrogen-bond acceptors (Lipinski definition) is 2. The van der Waals surface area contributed by atoms with Crippen LogP contribution in [0.1, 0.15) is 10.5 Å². The van der Waals surface area contributed by atoms with Crippen molar-refractivity contribution in [1.29, 1.82) is 0 Å². The Labute approximate surface area is 48.1 Å². The number of rotatable bonds is 1. The van der Waals surface area contributed by atoms with Crippen molar-refractivity contribution in [3.05, 3.63) is 0 Å². The number of methoxy groups -OCH3 is 1. The highest BCUT2D eigenvalue weighted by molar-refractivity contribution is 4.69. The lowest BCUT2D eigenvalue weighted by molar-refractivity contribution is 0.119. The van der Waals surface area contributed by atoms with E-state index < -0.39 is 7.04 Å². The Morgan fingerprint density at radius 1 is 2.00 bits per heavy atom. The Bertz CT molecular complexity index is 108. The fourth-order valence-electron chi connectivity index (χ4n) is 0.729. The van der Waals surface area contributed by atoms with Crippen molar-refractivity contribution in [3.63, 3.8) is 0 Å². The molecule has 2 heteroatoms. The van der Waals surface area contributed by atoms with Gasteiger partial charge in [0, 0.05) is 13.6 Å². The molecule has 0 bridgehead atoms. The first-order valence-electron chi connectivity index (χ1n) is 3.96. The molecule has 2 nitrogen and oxygen atoms in total. The van der Waals surface area contributed by atoms with Gasteiger partial charge in [-0.15, -0.1) is 0 Å². The normalized spacial score (nSPS) is 39.4. The van der Waals surface area contributed by atoms with Gasteiger partial charge in [0.15, 0.2) is 0 Å². The van der Waals surface area contributed by atoms with E-state index in [1.165, 1.54) is 0 Å². The van der Waals surface area contributed by atoms with Crippen molar-refractivity contribution in [2.45, 2.75) is 12.5 Å². The van der Waals surface area contributed by atoms with Crippen LogP contribution in [0.15, 0.2) is 0 Å². The lowest BCUT2D eigenvalue weighted by Crippen LogP contribution is -2.14.